The smallest absolute Gasteiger partial charge is 0.118 e. The lowest BCUT2D eigenvalue weighted by atomic mass is 10.1. The zero-order valence-electron chi connectivity index (χ0n) is 9.52. The van der Waals surface area contributed by atoms with E-state index in [1.165, 1.54) is 11.3 Å². The highest BCUT2D eigenvalue weighted by Crippen LogP contribution is 2.31. The van der Waals surface area contributed by atoms with Crippen LogP contribution in [0.2, 0.25) is 0 Å². The molecule has 0 amide bonds. The minimum atomic E-state index is -1.13. The molecule has 1 aromatic carbocycles. The number of hydrogen-bond donors (Lipinski definition) is 0. The van der Waals surface area contributed by atoms with E-state index >= 15 is 0 Å². The molecule has 17 heavy (non-hydrogen) atoms. The topological polar surface area (TPSA) is 49.4 Å². The van der Waals surface area contributed by atoms with Crippen molar-refractivity contribution in [3.63, 3.8) is 0 Å². The predicted octanol–water partition coefficient (Wildman–Crippen LogP) is 2.10. The van der Waals surface area contributed by atoms with Crippen LogP contribution in [0.4, 0.5) is 0 Å². The maximum absolute atomic E-state index is 10.8. The van der Waals surface area contributed by atoms with E-state index in [4.69, 9.17) is 4.74 Å². The van der Waals surface area contributed by atoms with Crippen molar-refractivity contribution >= 4 is 17.3 Å². The second-order valence-corrected chi connectivity index (χ2v) is 4.85. The third-order valence-electron chi connectivity index (χ3n) is 2.52. The van der Waals surface area contributed by atoms with Gasteiger partial charge >= 0.3 is 0 Å². The Hall–Kier alpha value is -1.81. The Morgan fingerprint density at radius 1 is 1.29 bits per heavy atom. The molecule has 2 rings (SSSR count). The number of thiophene rings is 1. The van der Waals surface area contributed by atoms with Crippen LogP contribution in [0.15, 0.2) is 30.3 Å². The first-order chi connectivity index (χ1) is 8.11. The Bertz CT molecular complexity index is 540. The molecule has 0 saturated carbocycles. The Kier molecular flexibility index (Phi) is 3.15. The molecule has 88 valence electrons. The number of hydrogen-bond acceptors (Lipinski definition) is 4. The summed E-state index contributed by atoms with van der Waals surface area (Å²) in [6, 6.07) is 9.17. The van der Waals surface area contributed by atoms with Crippen LogP contribution < -0.4 is 9.84 Å². The maximum Gasteiger partial charge on any atom is 0.118 e. The van der Waals surface area contributed by atoms with E-state index in [1.807, 2.05) is 31.2 Å². The number of methoxy groups -OCH3 is 1. The molecule has 0 spiro atoms. The van der Waals surface area contributed by atoms with E-state index in [0.29, 0.717) is 0 Å². The van der Waals surface area contributed by atoms with E-state index in [-0.39, 0.29) is 4.88 Å². The number of ether oxygens (including phenoxy) is 1. The molecule has 3 nitrogen and oxygen atoms in total. The summed E-state index contributed by atoms with van der Waals surface area (Å²) in [5.74, 6) is -0.348. The number of carboxylic acid groups (broad SMARTS) is 1. The molecule has 2 aromatic rings. The third-order valence-corrected chi connectivity index (χ3v) is 3.55. The van der Waals surface area contributed by atoms with Crippen LogP contribution in [0, 0.1) is 6.92 Å². The van der Waals surface area contributed by atoms with Crippen LogP contribution in [0.25, 0.3) is 11.1 Å². The summed E-state index contributed by atoms with van der Waals surface area (Å²) >= 11 is 1.23. The fourth-order valence-electron chi connectivity index (χ4n) is 1.64. The lowest BCUT2D eigenvalue weighted by Crippen LogP contribution is -2.20. The van der Waals surface area contributed by atoms with Gasteiger partial charge < -0.3 is 14.6 Å². The van der Waals surface area contributed by atoms with Crippen molar-refractivity contribution in [3.8, 4) is 16.9 Å². The van der Waals surface area contributed by atoms with Gasteiger partial charge in [0.25, 0.3) is 0 Å². The van der Waals surface area contributed by atoms with Crippen molar-refractivity contribution in [3.05, 3.63) is 40.1 Å². The van der Waals surface area contributed by atoms with Crippen LogP contribution in [0.1, 0.15) is 14.5 Å². The maximum atomic E-state index is 10.8. The molecule has 0 saturated heterocycles. The summed E-state index contributed by atoms with van der Waals surface area (Å²) in [7, 11) is 1.61. The fourth-order valence-corrected chi connectivity index (χ4v) is 2.52. The number of carbonyl (C=O) groups is 1. The molecule has 0 aliphatic rings. The van der Waals surface area contributed by atoms with E-state index in [0.717, 1.165) is 21.8 Å². The molecule has 0 N–H and O–H groups in total. The molecule has 0 radical (unpaired) electrons. The summed E-state index contributed by atoms with van der Waals surface area (Å²) in [5.41, 5.74) is 1.91. The zero-order chi connectivity index (χ0) is 12.4. The van der Waals surface area contributed by atoms with Gasteiger partial charge in [0.1, 0.15) is 5.75 Å². The third kappa shape index (κ3) is 2.31. The van der Waals surface area contributed by atoms with Gasteiger partial charge in [0.05, 0.1) is 18.0 Å². The number of benzene rings is 1. The van der Waals surface area contributed by atoms with Crippen LogP contribution in [0.3, 0.4) is 0 Å². The van der Waals surface area contributed by atoms with Crippen molar-refractivity contribution in [2.24, 2.45) is 0 Å². The highest BCUT2D eigenvalue weighted by molar-refractivity contribution is 7.14. The Balaban J connectivity index is 2.41. The van der Waals surface area contributed by atoms with Crippen LogP contribution in [-0.4, -0.2) is 13.1 Å². The second kappa shape index (κ2) is 4.59. The molecule has 0 aliphatic heterocycles. The molecular formula is C13H11O3S-. The van der Waals surface area contributed by atoms with E-state index < -0.39 is 5.97 Å². The summed E-state index contributed by atoms with van der Waals surface area (Å²) in [5, 5.41) is 10.8. The quantitative estimate of drug-likeness (QED) is 0.834. The van der Waals surface area contributed by atoms with E-state index in [1.54, 1.807) is 13.2 Å². The number of carboxylic acids is 1. The van der Waals surface area contributed by atoms with E-state index in [2.05, 4.69) is 0 Å². The van der Waals surface area contributed by atoms with Gasteiger partial charge in [-0.25, -0.2) is 0 Å². The molecule has 0 bridgehead atoms. The minimum absolute atomic E-state index is 0.258. The van der Waals surface area contributed by atoms with E-state index in [9.17, 15) is 9.90 Å². The molecule has 1 heterocycles. The molecule has 0 fully saturated rings. The Morgan fingerprint density at radius 2 is 1.94 bits per heavy atom. The fraction of sp³-hybridized carbons (Fsp3) is 0.154. The van der Waals surface area contributed by atoms with Gasteiger partial charge in [0, 0.05) is 4.88 Å². The van der Waals surface area contributed by atoms with Crippen molar-refractivity contribution in [2.75, 3.05) is 7.11 Å². The highest BCUT2D eigenvalue weighted by atomic mass is 32.1. The van der Waals surface area contributed by atoms with Gasteiger partial charge in [-0.05, 0) is 36.2 Å². The predicted molar refractivity (Wildman–Crippen MR) is 65.4 cm³/mol. The average Bonchev–Trinajstić information content (AvgIpc) is 2.72. The van der Waals surface area contributed by atoms with Gasteiger partial charge in [-0.2, -0.15) is 0 Å². The molecule has 0 atom stereocenters. The first-order valence-electron chi connectivity index (χ1n) is 5.08. The SMILES string of the molecule is COc1ccc(-c2cc(C(=O)[O-])sc2C)cc1. The monoisotopic (exact) mass is 247 g/mol. The second-order valence-electron chi connectivity index (χ2n) is 3.60. The first-order valence-corrected chi connectivity index (χ1v) is 5.89. The molecule has 4 heteroatoms. The van der Waals surface area contributed by atoms with Crippen molar-refractivity contribution in [1.82, 2.24) is 0 Å². The number of carbonyl (C=O) groups excluding carboxylic acids is 1. The lowest BCUT2D eigenvalue weighted by molar-refractivity contribution is -0.254. The van der Waals surface area contributed by atoms with Crippen molar-refractivity contribution < 1.29 is 14.6 Å². The minimum Gasteiger partial charge on any atom is -0.544 e. The Morgan fingerprint density at radius 3 is 2.41 bits per heavy atom. The lowest BCUT2D eigenvalue weighted by Gasteiger charge is -2.02. The van der Waals surface area contributed by atoms with Crippen molar-refractivity contribution in [2.45, 2.75) is 6.92 Å². The largest absolute Gasteiger partial charge is 0.544 e. The number of aryl methyl sites for hydroxylation is 1. The standard InChI is InChI=1S/C13H12O3S/c1-8-11(7-12(17-8)13(14)15)9-3-5-10(16-2)6-4-9/h3-7H,1-2H3,(H,14,15)/p-1. The number of aromatic carboxylic acids is 1. The highest BCUT2D eigenvalue weighted by Gasteiger charge is 2.08. The normalized spacial score (nSPS) is 10.2. The van der Waals surface area contributed by atoms with Crippen LogP contribution in [0.5, 0.6) is 5.75 Å². The average molecular weight is 247 g/mol. The van der Waals surface area contributed by atoms with Crippen LogP contribution >= 0.6 is 11.3 Å². The molecular weight excluding hydrogens is 236 g/mol. The molecule has 1 aromatic heterocycles. The summed E-state index contributed by atoms with van der Waals surface area (Å²) in [4.78, 5) is 12.0. The molecule has 0 aliphatic carbocycles. The van der Waals surface area contributed by atoms with Gasteiger partial charge in [-0.15, -0.1) is 11.3 Å². The van der Waals surface area contributed by atoms with Gasteiger partial charge in [0.2, 0.25) is 0 Å². The number of rotatable bonds is 3. The molecule has 0 unspecified atom stereocenters. The summed E-state index contributed by atoms with van der Waals surface area (Å²) < 4.78 is 5.08. The van der Waals surface area contributed by atoms with Crippen molar-refractivity contribution in [1.29, 1.82) is 0 Å². The summed E-state index contributed by atoms with van der Waals surface area (Å²) in [6.45, 7) is 1.90. The van der Waals surface area contributed by atoms with Gasteiger partial charge in [-0.1, -0.05) is 12.1 Å². The first kappa shape index (κ1) is 11.7. The van der Waals surface area contributed by atoms with Gasteiger partial charge in [-0.3, -0.25) is 0 Å². The van der Waals surface area contributed by atoms with Crippen LogP contribution in [-0.2, 0) is 0 Å². The Labute approximate surface area is 103 Å². The van der Waals surface area contributed by atoms with Gasteiger partial charge in [0.15, 0.2) is 0 Å². The zero-order valence-corrected chi connectivity index (χ0v) is 10.3. The summed E-state index contributed by atoms with van der Waals surface area (Å²) in [6.07, 6.45) is 0.